The summed E-state index contributed by atoms with van der Waals surface area (Å²) in [6, 6.07) is 0. The van der Waals surface area contributed by atoms with Crippen molar-refractivity contribution >= 4 is 17.9 Å². The molecule has 0 aliphatic heterocycles. The molecular formula is C46H82O6. The van der Waals surface area contributed by atoms with Gasteiger partial charge in [0, 0.05) is 19.3 Å². The predicted octanol–water partition coefficient (Wildman–Crippen LogP) is 13.8. The second-order valence-electron chi connectivity index (χ2n) is 14.6. The highest BCUT2D eigenvalue weighted by Crippen LogP contribution is 2.14. The van der Waals surface area contributed by atoms with Gasteiger partial charge < -0.3 is 14.2 Å². The molecule has 0 fully saturated rings. The van der Waals surface area contributed by atoms with Gasteiger partial charge in [0.25, 0.3) is 0 Å². The molecule has 0 aromatic carbocycles. The van der Waals surface area contributed by atoms with Gasteiger partial charge in [-0.25, -0.2) is 0 Å². The van der Waals surface area contributed by atoms with Crippen LogP contribution in [-0.2, 0) is 28.6 Å². The smallest absolute Gasteiger partial charge is 0.306 e. The normalized spacial score (nSPS) is 12.3. The fourth-order valence-electron chi connectivity index (χ4n) is 6.10. The maximum Gasteiger partial charge on any atom is 0.306 e. The molecule has 0 spiro atoms. The topological polar surface area (TPSA) is 78.9 Å². The van der Waals surface area contributed by atoms with Gasteiger partial charge in [0.05, 0.1) is 0 Å². The van der Waals surface area contributed by atoms with Crippen LogP contribution >= 0.6 is 0 Å². The zero-order valence-electron chi connectivity index (χ0n) is 34.3. The number of rotatable bonds is 39. The van der Waals surface area contributed by atoms with Crippen molar-refractivity contribution in [1.29, 1.82) is 0 Å². The van der Waals surface area contributed by atoms with Crippen LogP contribution in [0.5, 0.6) is 0 Å². The summed E-state index contributed by atoms with van der Waals surface area (Å²) in [5.41, 5.74) is 0. The van der Waals surface area contributed by atoms with Gasteiger partial charge in [0.2, 0.25) is 0 Å². The van der Waals surface area contributed by atoms with Crippen LogP contribution in [0, 0.1) is 0 Å². The number of carbonyl (C=O) groups excluding carboxylic acids is 3. The quantitative estimate of drug-likeness (QED) is 0.0271. The molecule has 1 unspecified atom stereocenters. The molecule has 0 aliphatic rings. The highest BCUT2D eigenvalue weighted by Gasteiger charge is 2.19. The van der Waals surface area contributed by atoms with Crippen molar-refractivity contribution in [2.24, 2.45) is 0 Å². The van der Waals surface area contributed by atoms with E-state index in [9.17, 15) is 14.4 Å². The fourth-order valence-corrected chi connectivity index (χ4v) is 6.10. The molecule has 0 rings (SSSR count). The largest absolute Gasteiger partial charge is 0.462 e. The summed E-state index contributed by atoms with van der Waals surface area (Å²) in [7, 11) is 0. The lowest BCUT2D eigenvalue weighted by Crippen LogP contribution is -2.30. The average molecular weight is 731 g/mol. The zero-order chi connectivity index (χ0) is 38.0. The third-order valence-corrected chi connectivity index (χ3v) is 9.41. The van der Waals surface area contributed by atoms with Gasteiger partial charge in [-0.15, -0.1) is 0 Å². The molecule has 0 saturated heterocycles. The molecule has 0 aromatic rings. The van der Waals surface area contributed by atoms with Crippen molar-refractivity contribution in [2.45, 2.75) is 226 Å². The number of unbranched alkanes of at least 4 members (excludes halogenated alkanes) is 22. The molecule has 52 heavy (non-hydrogen) atoms. The Morgan fingerprint density at radius 3 is 1.17 bits per heavy atom. The molecule has 302 valence electrons. The Balaban J connectivity index is 4.22. The predicted molar refractivity (Wildman–Crippen MR) is 219 cm³/mol. The molecule has 6 nitrogen and oxygen atoms in total. The van der Waals surface area contributed by atoms with Gasteiger partial charge in [-0.3, -0.25) is 14.4 Å². The summed E-state index contributed by atoms with van der Waals surface area (Å²) in [6.07, 6.45) is 45.8. The Kier molecular flexibility index (Phi) is 39.5. The number of esters is 3. The van der Waals surface area contributed by atoms with E-state index < -0.39 is 6.10 Å². The van der Waals surface area contributed by atoms with E-state index in [4.69, 9.17) is 14.2 Å². The van der Waals surface area contributed by atoms with Crippen molar-refractivity contribution in [2.75, 3.05) is 13.2 Å². The summed E-state index contributed by atoms with van der Waals surface area (Å²) in [6.45, 7) is 6.42. The van der Waals surface area contributed by atoms with E-state index in [-0.39, 0.29) is 31.1 Å². The molecule has 0 bridgehead atoms. The summed E-state index contributed by atoms with van der Waals surface area (Å²) < 4.78 is 16.6. The molecule has 0 heterocycles. The van der Waals surface area contributed by atoms with Gasteiger partial charge in [0.15, 0.2) is 6.10 Å². The van der Waals surface area contributed by atoms with Crippen molar-refractivity contribution in [3.63, 3.8) is 0 Å². The summed E-state index contributed by atoms with van der Waals surface area (Å²) in [5, 5.41) is 0. The van der Waals surface area contributed by atoms with Gasteiger partial charge in [-0.05, 0) is 51.4 Å². The van der Waals surface area contributed by atoms with Crippen molar-refractivity contribution in [1.82, 2.24) is 0 Å². The van der Waals surface area contributed by atoms with Crippen LogP contribution in [-0.4, -0.2) is 37.2 Å². The SMILES string of the molecule is CC/C=C\C/C=C\C/C=C\CCCCCCCCCC(=O)OCC(COC(=O)CCCCCCC)OC(=O)CCCCCCCCCCCCCC. The molecule has 0 N–H and O–H groups in total. The van der Waals surface area contributed by atoms with Crippen molar-refractivity contribution in [3.05, 3.63) is 36.5 Å². The Hall–Kier alpha value is -2.37. The van der Waals surface area contributed by atoms with Gasteiger partial charge in [-0.1, -0.05) is 186 Å². The number of ether oxygens (including phenoxy) is 3. The first-order valence-corrected chi connectivity index (χ1v) is 22.0. The first-order valence-electron chi connectivity index (χ1n) is 22.0. The highest BCUT2D eigenvalue weighted by atomic mass is 16.6. The van der Waals surface area contributed by atoms with Crippen LogP contribution in [0.1, 0.15) is 220 Å². The van der Waals surface area contributed by atoms with Gasteiger partial charge in [0.1, 0.15) is 13.2 Å². The van der Waals surface area contributed by atoms with E-state index >= 15 is 0 Å². The first kappa shape index (κ1) is 49.6. The third kappa shape index (κ3) is 38.9. The highest BCUT2D eigenvalue weighted by molar-refractivity contribution is 5.71. The minimum atomic E-state index is -0.767. The van der Waals surface area contributed by atoms with E-state index in [1.165, 1.54) is 89.9 Å². The van der Waals surface area contributed by atoms with Crippen LogP contribution in [0.15, 0.2) is 36.5 Å². The Bertz CT molecular complexity index is 891. The summed E-state index contributed by atoms with van der Waals surface area (Å²) >= 11 is 0. The molecule has 0 aliphatic carbocycles. The lowest BCUT2D eigenvalue weighted by atomic mass is 10.0. The second kappa shape index (κ2) is 41.4. The third-order valence-electron chi connectivity index (χ3n) is 9.41. The minimum Gasteiger partial charge on any atom is -0.462 e. The summed E-state index contributed by atoms with van der Waals surface area (Å²) in [4.78, 5) is 37.4. The molecule has 1 atom stereocenters. The summed E-state index contributed by atoms with van der Waals surface area (Å²) in [5.74, 6) is -0.897. The van der Waals surface area contributed by atoms with E-state index in [1.807, 2.05) is 0 Å². The molecule has 0 radical (unpaired) electrons. The lowest BCUT2D eigenvalue weighted by molar-refractivity contribution is -0.167. The van der Waals surface area contributed by atoms with Crippen LogP contribution in [0.4, 0.5) is 0 Å². The molecule has 6 heteroatoms. The Morgan fingerprint density at radius 2 is 0.750 bits per heavy atom. The van der Waals surface area contributed by atoms with E-state index in [1.54, 1.807) is 0 Å². The lowest BCUT2D eigenvalue weighted by Gasteiger charge is -2.18. The monoisotopic (exact) mass is 731 g/mol. The number of hydrogen-bond acceptors (Lipinski definition) is 6. The van der Waals surface area contributed by atoms with E-state index in [0.29, 0.717) is 19.3 Å². The number of allylic oxidation sites excluding steroid dienone is 6. The standard InChI is InChI=1S/C46H82O6/c1-4-7-10-13-15-17-19-21-22-23-24-25-27-28-30-33-36-39-45(48)51-42-43(41-50-44(47)38-35-32-12-9-6-3)52-46(49)40-37-34-31-29-26-20-18-16-14-11-8-5-2/h7,10,15,17,21-22,43H,4-6,8-9,11-14,16,18-20,23-42H2,1-3H3/b10-7-,17-15-,22-21-. The van der Waals surface area contributed by atoms with Gasteiger partial charge >= 0.3 is 17.9 Å². The van der Waals surface area contributed by atoms with Crippen LogP contribution in [0.2, 0.25) is 0 Å². The van der Waals surface area contributed by atoms with E-state index in [0.717, 1.165) is 89.9 Å². The molecule has 0 aromatic heterocycles. The number of carbonyl (C=O) groups is 3. The van der Waals surface area contributed by atoms with Crippen LogP contribution in [0.25, 0.3) is 0 Å². The Morgan fingerprint density at radius 1 is 0.404 bits per heavy atom. The average Bonchev–Trinajstić information content (AvgIpc) is 3.14. The molecule has 0 amide bonds. The van der Waals surface area contributed by atoms with E-state index in [2.05, 4.69) is 57.2 Å². The van der Waals surface area contributed by atoms with Crippen LogP contribution < -0.4 is 0 Å². The number of hydrogen-bond donors (Lipinski definition) is 0. The maximum atomic E-state index is 12.6. The van der Waals surface area contributed by atoms with Crippen LogP contribution in [0.3, 0.4) is 0 Å². The second-order valence-corrected chi connectivity index (χ2v) is 14.6. The maximum absolute atomic E-state index is 12.6. The van der Waals surface area contributed by atoms with Crippen molar-refractivity contribution < 1.29 is 28.6 Å². The molecular weight excluding hydrogens is 648 g/mol. The first-order chi connectivity index (χ1) is 25.5. The zero-order valence-corrected chi connectivity index (χ0v) is 34.3. The van der Waals surface area contributed by atoms with Gasteiger partial charge in [-0.2, -0.15) is 0 Å². The molecule has 0 saturated carbocycles. The van der Waals surface area contributed by atoms with Crippen molar-refractivity contribution in [3.8, 4) is 0 Å². The minimum absolute atomic E-state index is 0.0744. The Labute approximate surface area is 321 Å². The fraction of sp³-hybridized carbons (Fsp3) is 0.804.